The van der Waals surface area contributed by atoms with Gasteiger partial charge in [0, 0.05) is 30.7 Å². The lowest BCUT2D eigenvalue weighted by Crippen LogP contribution is -2.46. The fourth-order valence-corrected chi connectivity index (χ4v) is 3.54. The molecule has 0 saturated carbocycles. The van der Waals surface area contributed by atoms with E-state index in [1.165, 1.54) is 6.07 Å². The van der Waals surface area contributed by atoms with E-state index < -0.39 is 5.82 Å². The second kappa shape index (κ2) is 9.74. The Balaban J connectivity index is 1.52. The maximum absolute atomic E-state index is 13.6. The summed E-state index contributed by atoms with van der Waals surface area (Å²) in [5.74, 6) is -0.630. The molecule has 154 valence electrons. The molecule has 1 aliphatic heterocycles. The summed E-state index contributed by atoms with van der Waals surface area (Å²) in [6.07, 6.45) is 1.51. The monoisotopic (exact) mass is 418 g/mol. The number of hydrogen-bond donors (Lipinski definition) is 0. The highest BCUT2D eigenvalue weighted by Gasteiger charge is 2.30. The molecule has 3 rings (SSSR count). The van der Waals surface area contributed by atoms with Crippen LogP contribution in [0.2, 0.25) is 5.02 Å². The van der Waals surface area contributed by atoms with E-state index >= 15 is 0 Å². The molecule has 0 bridgehead atoms. The Labute approximate surface area is 175 Å². The van der Waals surface area contributed by atoms with E-state index in [9.17, 15) is 14.0 Å². The van der Waals surface area contributed by atoms with E-state index in [4.69, 9.17) is 16.3 Å². The zero-order valence-corrected chi connectivity index (χ0v) is 17.1. The number of benzene rings is 2. The van der Waals surface area contributed by atoms with E-state index in [0.717, 1.165) is 12.8 Å². The number of likely N-dealkylation sites (N-methyl/N-ethyl adjacent to an activating group) is 1. The molecule has 2 aromatic rings. The summed E-state index contributed by atoms with van der Waals surface area (Å²) in [5, 5.41) is 0.576. The Morgan fingerprint density at radius 2 is 1.93 bits per heavy atom. The fourth-order valence-electron chi connectivity index (χ4n) is 3.41. The lowest BCUT2D eigenvalue weighted by atomic mass is 9.96. The third-order valence-electron chi connectivity index (χ3n) is 5.05. The number of halogens is 2. The van der Waals surface area contributed by atoms with Gasteiger partial charge in [-0.05, 0) is 49.2 Å². The number of carbonyl (C=O) groups excluding carboxylic acids is 2. The first kappa shape index (κ1) is 21.1. The number of piperidine rings is 1. The van der Waals surface area contributed by atoms with E-state index in [-0.39, 0.29) is 30.1 Å². The van der Waals surface area contributed by atoms with Crippen LogP contribution in [-0.4, -0.2) is 54.9 Å². The summed E-state index contributed by atoms with van der Waals surface area (Å²) in [4.78, 5) is 28.8. The number of ether oxygens (including phenoxy) is 1. The van der Waals surface area contributed by atoms with Crippen LogP contribution >= 0.6 is 11.6 Å². The van der Waals surface area contributed by atoms with E-state index in [1.807, 2.05) is 0 Å². The van der Waals surface area contributed by atoms with Crippen LogP contribution in [0.25, 0.3) is 0 Å². The van der Waals surface area contributed by atoms with Crippen molar-refractivity contribution in [1.29, 1.82) is 0 Å². The largest absolute Gasteiger partial charge is 0.489 e. The molecule has 2 amide bonds. The summed E-state index contributed by atoms with van der Waals surface area (Å²) < 4.78 is 19.0. The van der Waals surface area contributed by atoms with Crippen molar-refractivity contribution in [2.75, 3.05) is 33.3 Å². The van der Waals surface area contributed by atoms with Crippen molar-refractivity contribution in [3.05, 3.63) is 64.9 Å². The van der Waals surface area contributed by atoms with Crippen LogP contribution in [0, 0.1) is 11.7 Å². The predicted molar refractivity (Wildman–Crippen MR) is 110 cm³/mol. The van der Waals surface area contributed by atoms with Gasteiger partial charge < -0.3 is 14.5 Å². The maximum atomic E-state index is 13.6. The van der Waals surface area contributed by atoms with Crippen LogP contribution in [0.4, 0.5) is 4.39 Å². The minimum atomic E-state index is -0.426. The lowest BCUT2D eigenvalue weighted by Gasteiger charge is -2.34. The van der Waals surface area contributed by atoms with Crippen LogP contribution in [0.3, 0.4) is 0 Å². The predicted octanol–water partition coefficient (Wildman–Crippen LogP) is 3.87. The van der Waals surface area contributed by atoms with Gasteiger partial charge in [-0.25, -0.2) is 4.39 Å². The molecule has 7 heteroatoms. The summed E-state index contributed by atoms with van der Waals surface area (Å²) in [6.45, 7) is 1.56. The average molecular weight is 419 g/mol. The molecule has 2 aromatic carbocycles. The van der Waals surface area contributed by atoms with Gasteiger partial charge in [0.15, 0.2) is 11.6 Å². The minimum Gasteiger partial charge on any atom is -0.489 e. The Hall–Kier alpha value is -2.60. The molecular weight excluding hydrogens is 395 g/mol. The van der Waals surface area contributed by atoms with E-state index in [1.54, 1.807) is 59.3 Å². The van der Waals surface area contributed by atoms with Crippen LogP contribution in [-0.2, 0) is 4.79 Å². The number of nitrogens with zero attached hydrogens (tertiary/aromatic N) is 2. The molecule has 0 radical (unpaired) electrons. The van der Waals surface area contributed by atoms with Gasteiger partial charge in [0.05, 0.1) is 12.5 Å². The first-order valence-electron chi connectivity index (χ1n) is 9.63. The Kier molecular flexibility index (Phi) is 7.09. The molecule has 0 N–H and O–H groups in total. The van der Waals surface area contributed by atoms with Crippen molar-refractivity contribution in [2.45, 2.75) is 12.8 Å². The SMILES string of the molecule is CN(CCOc1ccccc1F)C(=O)C1CCCN(C(=O)c2ccc(Cl)cc2)C1. The number of carbonyl (C=O) groups is 2. The van der Waals surface area contributed by atoms with Crippen molar-refractivity contribution in [2.24, 2.45) is 5.92 Å². The molecule has 1 unspecified atom stereocenters. The molecule has 0 aliphatic carbocycles. The number of hydrogen-bond acceptors (Lipinski definition) is 3. The minimum absolute atomic E-state index is 0.0317. The molecule has 1 atom stereocenters. The molecule has 1 heterocycles. The van der Waals surface area contributed by atoms with Crippen molar-refractivity contribution in [1.82, 2.24) is 9.80 Å². The Morgan fingerprint density at radius 3 is 2.66 bits per heavy atom. The number of amides is 2. The van der Waals surface area contributed by atoms with Crippen molar-refractivity contribution >= 4 is 23.4 Å². The normalized spacial score (nSPS) is 16.4. The topological polar surface area (TPSA) is 49.9 Å². The number of para-hydroxylation sites is 1. The van der Waals surface area contributed by atoms with Crippen LogP contribution in [0.5, 0.6) is 5.75 Å². The van der Waals surface area contributed by atoms with E-state index in [0.29, 0.717) is 30.2 Å². The zero-order chi connectivity index (χ0) is 20.8. The van der Waals surface area contributed by atoms with Gasteiger partial charge in [-0.15, -0.1) is 0 Å². The molecule has 1 fully saturated rings. The lowest BCUT2D eigenvalue weighted by molar-refractivity contribution is -0.135. The van der Waals surface area contributed by atoms with Crippen LogP contribution in [0.1, 0.15) is 23.2 Å². The average Bonchev–Trinajstić information content (AvgIpc) is 2.74. The first-order valence-corrected chi connectivity index (χ1v) is 10.0. The Morgan fingerprint density at radius 1 is 1.21 bits per heavy atom. The van der Waals surface area contributed by atoms with Gasteiger partial charge in [0.2, 0.25) is 5.91 Å². The molecule has 5 nitrogen and oxygen atoms in total. The van der Waals surface area contributed by atoms with Crippen LogP contribution in [0.15, 0.2) is 48.5 Å². The second-order valence-electron chi connectivity index (χ2n) is 7.14. The third kappa shape index (κ3) is 5.48. The fraction of sp³-hybridized carbons (Fsp3) is 0.364. The standard InChI is InChI=1S/C22H24ClFN2O3/c1-25(13-14-29-20-7-3-2-6-19(20)24)21(27)17-5-4-12-26(15-17)22(28)16-8-10-18(23)11-9-16/h2-3,6-11,17H,4-5,12-15H2,1H3. The molecule has 0 spiro atoms. The van der Waals surface area contributed by atoms with Crippen molar-refractivity contribution < 1.29 is 18.7 Å². The highest BCUT2D eigenvalue weighted by Crippen LogP contribution is 2.21. The summed E-state index contributed by atoms with van der Waals surface area (Å²) in [6, 6.07) is 12.9. The van der Waals surface area contributed by atoms with Gasteiger partial charge in [0.1, 0.15) is 6.61 Å². The highest BCUT2D eigenvalue weighted by molar-refractivity contribution is 6.30. The summed E-state index contributed by atoms with van der Waals surface area (Å²) >= 11 is 5.88. The van der Waals surface area contributed by atoms with Gasteiger partial charge in [-0.1, -0.05) is 23.7 Å². The highest BCUT2D eigenvalue weighted by atomic mass is 35.5. The second-order valence-corrected chi connectivity index (χ2v) is 7.57. The van der Waals surface area contributed by atoms with Gasteiger partial charge in [-0.2, -0.15) is 0 Å². The summed E-state index contributed by atoms with van der Waals surface area (Å²) in [5.41, 5.74) is 0.564. The quantitative estimate of drug-likeness (QED) is 0.715. The third-order valence-corrected chi connectivity index (χ3v) is 5.30. The smallest absolute Gasteiger partial charge is 0.253 e. The maximum Gasteiger partial charge on any atom is 0.253 e. The summed E-state index contributed by atoms with van der Waals surface area (Å²) in [7, 11) is 1.70. The molecule has 0 aromatic heterocycles. The van der Waals surface area contributed by atoms with E-state index in [2.05, 4.69) is 0 Å². The number of likely N-dealkylation sites (tertiary alicyclic amines) is 1. The molecular formula is C22H24ClFN2O3. The number of rotatable bonds is 6. The van der Waals surface area contributed by atoms with Crippen LogP contribution < -0.4 is 4.74 Å². The molecule has 1 aliphatic rings. The van der Waals surface area contributed by atoms with Gasteiger partial charge in [-0.3, -0.25) is 9.59 Å². The van der Waals surface area contributed by atoms with Gasteiger partial charge >= 0.3 is 0 Å². The Bertz CT molecular complexity index is 859. The molecule has 29 heavy (non-hydrogen) atoms. The van der Waals surface area contributed by atoms with Gasteiger partial charge in [0.25, 0.3) is 5.91 Å². The molecule has 1 saturated heterocycles. The van der Waals surface area contributed by atoms with Crippen molar-refractivity contribution in [3.8, 4) is 5.75 Å². The van der Waals surface area contributed by atoms with Crippen molar-refractivity contribution in [3.63, 3.8) is 0 Å². The first-order chi connectivity index (χ1) is 14.0. The zero-order valence-electron chi connectivity index (χ0n) is 16.3.